The number of carbonyl (C=O) groups excluding carboxylic acids is 1. The summed E-state index contributed by atoms with van der Waals surface area (Å²) >= 11 is 0. The molecule has 158 valence electrons. The summed E-state index contributed by atoms with van der Waals surface area (Å²) in [5.74, 6) is 2.18. The summed E-state index contributed by atoms with van der Waals surface area (Å²) in [6, 6.07) is 4.94. The fraction of sp³-hybridized carbons (Fsp3) is 0.571. The number of nitrogens with zero attached hydrogens (tertiary/aromatic N) is 3. The van der Waals surface area contributed by atoms with Crippen LogP contribution in [-0.2, 0) is 24.3 Å². The summed E-state index contributed by atoms with van der Waals surface area (Å²) in [5.41, 5.74) is 0.649. The predicted octanol–water partition coefficient (Wildman–Crippen LogP) is 2.30. The number of benzene rings is 1. The van der Waals surface area contributed by atoms with Gasteiger partial charge in [0.05, 0.1) is 14.2 Å². The van der Waals surface area contributed by atoms with Crippen LogP contribution in [0.2, 0.25) is 0 Å². The Kier molecular flexibility index (Phi) is 6.61. The molecule has 0 saturated heterocycles. The van der Waals surface area contributed by atoms with Gasteiger partial charge in [0, 0.05) is 31.1 Å². The number of aromatic nitrogens is 3. The number of carbonyl (C=O) groups is 1. The Labute approximate surface area is 170 Å². The van der Waals surface area contributed by atoms with Crippen molar-refractivity contribution in [2.24, 2.45) is 5.92 Å². The standard InChI is InChI=1S/C21H30N4O4/c1-14(2)13-24-21(27)25-17(7-5-6-8-19(25)23-24)20(26)22-12-15-9-10-16(28-3)11-18(15)29-4/h9-11,14,17H,5-8,12-13H2,1-4H3,(H,22,26). The van der Waals surface area contributed by atoms with Crippen molar-refractivity contribution < 1.29 is 14.3 Å². The highest BCUT2D eigenvalue weighted by atomic mass is 16.5. The van der Waals surface area contributed by atoms with Crippen LogP contribution in [0.15, 0.2) is 23.0 Å². The van der Waals surface area contributed by atoms with Gasteiger partial charge in [-0.15, -0.1) is 0 Å². The van der Waals surface area contributed by atoms with Crippen LogP contribution < -0.4 is 20.5 Å². The molecule has 2 heterocycles. The predicted molar refractivity (Wildman–Crippen MR) is 109 cm³/mol. The van der Waals surface area contributed by atoms with Crippen LogP contribution in [0.4, 0.5) is 0 Å². The third kappa shape index (κ3) is 4.63. The Morgan fingerprint density at radius 1 is 1.28 bits per heavy atom. The molecule has 29 heavy (non-hydrogen) atoms. The monoisotopic (exact) mass is 402 g/mol. The molecule has 0 radical (unpaired) electrons. The summed E-state index contributed by atoms with van der Waals surface area (Å²) in [6.45, 7) is 4.95. The minimum absolute atomic E-state index is 0.169. The van der Waals surface area contributed by atoms with Crippen molar-refractivity contribution >= 4 is 5.91 Å². The number of hydrogen-bond acceptors (Lipinski definition) is 5. The van der Waals surface area contributed by atoms with Crippen LogP contribution in [0.5, 0.6) is 11.5 Å². The second-order valence-electron chi connectivity index (χ2n) is 7.80. The number of nitrogens with one attached hydrogen (secondary N) is 1. The molecule has 3 rings (SSSR count). The minimum Gasteiger partial charge on any atom is -0.497 e. The van der Waals surface area contributed by atoms with E-state index in [0.717, 1.165) is 24.8 Å². The average Bonchev–Trinajstić information content (AvgIpc) is 2.88. The van der Waals surface area contributed by atoms with Crippen molar-refractivity contribution in [3.8, 4) is 11.5 Å². The Balaban J connectivity index is 1.80. The fourth-order valence-electron chi connectivity index (χ4n) is 3.71. The second kappa shape index (κ2) is 9.15. The van der Waals surface area contributed by atoms with E-state index in [0.29, 0.717) is 42.8 Å². The van der Waals surface area contributed by atoms with Gasteiger partial charge in [-0.3, -0.25) is 9.36 Å². The van der Waals surface area contributed by atoms with E-state index < -0.39 is 6.04 Å². The van der Waals surface area contributed by atoms with Crippen LogP contribution in [0.1, 0.15) is 50.5 Å². The first-order chi connectivity index (χ1) is 13.9. The number of fused-ring (bicyclic) bond motifs is 1. The van der Waals surface area contributed by atoms with Crippen molar-refractivity contribution in [2.75, 3.05) is 14.2 Å². The lowest BCUT2D eigenvalue weighted by Gasteiger charge is -2.17. The highest BCUT2D eigenvalue weighted by molar-refractivity contribution is 5.80. The summed E-state index contributed by atoms with van der Waals surface area (Å²) in [7, 11) is 3.18. The molecule has 0 aliphatic carbocycles. The summed E-state index contributed by atoms with van der Waals surface area (Å²) in [6.07, 6.45) is 3.16. The smallest absolute Gasteiger partial charge is 0.346 e. The van der Waals surface area contributed by atoms with Crippen LogP contribution in [0, 0.1) is 5.92 Å². The topological polar surface area (TPSA) is 87.4 Å². The van der Waals surface area contributed by atoms with E-state index in [-0.39, 0.29) is 11.6 Å². The van der Waals surface area contributed by atoms with Gasteiger partial charge < -0.3 is 14.8 Å². The van der Waals surface area contributed by atoms with Crippen LogP contribution in [0.3, 0.4) is 0 Å². The van der Waals surface area contributed by atoms with Crippen molar-refractivity contribution in [3.05, 3.63) is 40.1 Å². The Morgan fingerprint density at radius 3 is 2.76 bits per heavy atom. The molecule has 0 saturated carbocycles. The Bertz CT molecular complexity index is 916. The highest BCUT2D eigenvalue weighted by Crippen LogP contribution is 2.25. The first kappa shape index (κ1) is 21.0. The van der Waals surface area contributed by atoms with E-state index in [1.165, 1.54) is 4.68 Å². The lowest BCUT2D eigenvalue weighted by atomic mass is 10.1. The summed E-state index contributed by atoms with van der Waals surface area (Å²) in [5, 5.41) is 7.47. The average molecular weight is 402 g/mol. The van der Waals surface area contributed by atoms with Crippen molar-refractivity contribution in [1.29, 1.82) is 0 Å². The van der Waals surface area contributed by atoms with Gasteiger partial charge in [-0.05, 0) is 30.9 Å². The van der Waals surface area contributed by atoms with Crippen molar-refractivity contribution in [3.63, 3.8) is 0 Å². The van der Waals surface area contributed by atoms with Gasteiger partial charge in [0.15, 0.2) is 0 Å². The third-order valence-electron chi connectivity index (χ3n) is 5.17. The van der Waals surface area contributed by atoms with Crippen LogP contribution in [0.25, 0.3) is 0 Å². The number of methoxy groups -OCH3 is 2. The lowest BCUT2D eigenvalue weighted by molar-refractivity contribution is -0.124. The fourth-order valence-corrected chi connectivity index (χ4v) is 3.71. The van der Waals surface area contributed by atoms with Crippen molar-refractivity contribution in [1.82, 2.24) is 19.7 Å². The molecule has 1 N–H and O–H groups in total. The number of ether oxygens (including phenoxy) is 2. The largest absolute Gasteiger partial charge is 0.497 e. The molecule has 1 aromatic heterocycles. The number of amides is 1. The molecule has 1 unspecified atom stereocenters. The van der Waals surface area contributed by atoms with E-state index in [1.807, 2.05) is 26.0 Å². The maximum Gasteiger partial charge on any atom is 0.346 e. The van der Waals surface area contributed by atoms with E-state index in [2.05, 4.69) is 10.4 Å². The zero-order valence-electron chi connectivity index (χ0n) is 17.6. The molecule has 8 heteroatoms. The first-order valence-corrected chi connectivity index (χ1v) is 10.1. The normalized spacial score (nSPS) is 16.2. The molecule has 1 atom stereocenters. The number of rotatable bonds is 7. The molecule has 0 fully saturated rings. The van der Waals surface area contributed by atoms with Gasteiger partial charge in [-0.25, -0.2) is 9.48 Å². The summed E-state index contributed by atoms with van der Waals surface area (Å²) in [4.78, 5) is 25.9. The molecule has 1 aliphatic heterocycles. The molecule has 1 aliphatic rings. The molecular formula is C21H30N4O4. The third-order valence-corrected chi connectivity index (χ3v) is 5.17. The van der Waals surface area contributed by atoms with E-state index in [1.54, 1.807) is 24.9 Å². The maximum absolute atomic E-state index is 13.0. The molecule has 1 amide bonds. The zero-order chi connectivity index (χ0) is 21.0. The molecule has 1 aromatic carbocycles. The molecular weight excluding hydrogens is 372 g/mol. The molecule has 2 aromatic rings. The van der Waals surface area contributed by atoms with Gasteiger partial charge in [-0.1, -0.05) is 20.3 Å². The van der Waals surface area contributed by atoms with Crippen molar-refractivity contribution in [2.45, 2.75) is 58.7 Å². The minimum atomic E-state index is -0.537. The zero-order valence-corrected chi connectivity index (χ0v) is 17.6. The van der Waals surface area contributed by atoms with Gasteiger partial charge in [0.25, 0.3) is 0 Å². The van der Waals surface area contributed by atoms with Gasteiger partial charge in [0.2, 0.25) is 5.91 Å². The van der Waals surface area contributed by atoms with Crippen LogP contribution >= 0.6 is 0 Å². The lowest BCUT2D eigenvalue weighted by Crippen LogP contribution is -2.38. The van der Waals surface area contributed by atoms with Gasteiger partial charge in [0.1, 0.15) is 23.4 Å². The van der Waals surface area contributed by atoms with E-state index in [9.17, 15) is 9.59 Å². The Morgan fingerprint density at radius 2 is 2.07 bits per heavy atom. The van der Waals surface area contributed by atoms with E-state index in [4.69, 9.17) is 9.47 Å². The second-order valence-corrected chi connectivity index (χ2v) is 7.80. The molecule has 8 nitrogen and oxygen atoms in total. The quantitative estimate of drug-likeness (QED) is 0.768. The Hall–Kier alpha value is -2.77. The summed E-state index contributed by atoms with van der Waals surface area (Å²) < 4.78 is 13.7. The maximum atomic E-state index is 13.0. The number of aryl methyl sites for hydroxylation is 1. The first-order valence-electron chi connectivity index (χ1n) is 10.1. The molecule has 0 bridgehead atoms. The SMILES string of the molecule is COc1ccc(CNC(=O)C2CCCCc3nn(CC(C)C)c(=O)n32)c(OC)c1. The van der Waals surface area contributed by atoms with E-state index >= 15 is 0 Å². The molecule has 0 spiro atoms. The highest BCUT2D eigenvalue weighted by Gasteiger charge is 2.29. The van der Waals surface area contributed by atoms with Gasteiger partial charge in [-0.2, -0.15) is 5.10 Å². The van der Waals surface area contributed by atoms with Crippen LogP contribution in [-0.4, -0.2) is 34.5 Å². The number of hydrogen-bond donors (Lipinski definition) is 1. The van der Waals surface area contributed by atoms with Gasteiger partial charge >= 0.3 is 5.69 Å².